The Morgan fingerprint density at radius 1 is 1.53 bits per heavy atom. The van der Waals surface area contributed by atoms with Gasteiger partial charge in [-0.1, -0.05) is 13.3 Å². The van der Waals surface area contributed by atoms with Crippen molar-refractivity contribution in [2.75, 3.05) is 11.9 Å². The Morgan fingerprint density at radius 3 is 2.82 bits per heavy atom. The minimum absolute atomic E-state index is 0.152. The number of carboxylic acids is 1. The maximum Gasteiger partial charge on any atom is 0.319 e. The van der Waals surface area contributed by atoms with Gasteiger partial charge < -0.3 is 15.7 Å². The molecule has 1 atom stereocenters. The second kappa shape index (κ2) is 6.90. The lowest BCUT2D eigenvalue weighted by atomic mass is 10.0. The van der Waals surface area contributed by atoms with Gasteiger partial charge in [0.2, 0.25) is 0 Å². The molecule has 3 N–H and O–H groups in total. The number of amides is 2. The summed E-state index contributed by atoms with van der Waals surface area (Å²) in [5.41, 5.74) is 0.717. The molecule has 1 unspecified atom stereocenters. The van der Waals surface area contributed by atoms with Crippen molar-refractivity contribution in [1.82, 2.24) is 5.32 Å². The largest absolute Gasteiger partial charge is 0.481 e. The summed E-state index contributed by atoms with van der Waals surface area (Å²) >= 11 is 1.48. The van der Waals surface area contributed by atoms with Crippen LogP contribution in [0.2, 0.25) is 0 Å². The zero-order chi connectivity index (χ0) is 12.7. The van der Waals surface area contributed by atoms with Gasteiger partial charge in [-0.2, -0.15) is 11.3 Å². The predicted octanol–water partition coefficient (Wildman–Crippen LogP) is 2.37. The molecule has 0 aliphatic carbocycles. The van der Waals surface area contributed by atoms with Crippen LogP contribution < -0.4 is 10.6 Å². The van der Waals surface area contributed by atoms with Crippen LogP contribution in [0.3, 0.4) is 0 Å². The monoisotopic (exact) mass is 256 g/mol. The molecule has 0 aliphatic heterocycles. The normalized spacial score (nSPS) is 11.8. The first-order valence-electron chi connectivity index (χ1n) is 5.43. The Bertz CT molecular complexity index is 365. The second-order valence-electron chi connectivity index (χ2n) is 3.67. The van der Waals surface area contributed by atoms with Gasteiger partial charge >= 0.3 is 12.0 Å². The Hall–Kier alpha value is -1.56. The lowest BCUT2D eigenvalue weighted by Crippen LogP contribution is -2.35. The zero-order valence-corrected chi connectivity index (χ0v) is 10.4. The van der Waals surface area contributed by atoms with E-state index < -0.39 is 11.9 Å². The van der Waals surface area contributed by atoms with Crippen molar-refractivity contribution in [3.63, 3.8) is 0 Å². The lowest BCUT2D eigenvalue weighted by molar-refractivity contribution is -0.141. The summed E-state index contributed by atoms with van der Waals surface area (Å²) in [4.78, 5) is 22.3. The molecular formula is C11H16N2O3S. The highest BCUT2D eigenvalue weighted by Crippen LogP contribution is 2.11. The average Bonchev–Trinajstić information content (AvgIpc) is 2.76. The van der Waals surface area contributed by atoms with E-state index in [1.165, 1.54) is 11.3 Å². The van der Waals surface area contributed by atoms with Crippen molar-refractivity contribution in [2.24, 2.45) is 5.92 Å². The topological polar surface area (TPSA) is 78.4 Å². The molecule has 6 heteroatoms. The van der Waals surface area contributed by atoms with Crippen molar-refractivity contribution in [3.8, 4) is 0 Å². The molecule has 0 aliphatic rings. The van der Waals surface area contributed by atoms with E-state index >= 15 is 0 Å². The number of rotatable bonds is 6. The van der Waals surface area contributed by atoms with Crippen molar-refractivity contribution in [2.45, 2.75) is 19.8 Å². The number of nitrogens with one attached hydrogen (secondary N) is 2. The summed E-state index contributed by atoms with van der Waals surface area (Å²) in [5, 5.41) is 17.8. The van der Waals surface area contributed by atoms with E-state index in [4.69, 9.17) is 5.11 Å². The number of aliphatic carboxylic acids is 1. The highest BCUT2D eigenvalue weighted by Gasteiger charge is 2.17. The average molecular weight is 256 g/mol. The number of anilines is 1. The van der Waals surface area contributed by atoms with E-state index in [1.807, 2.05) is 12.3 Å². The van der Waals surface area contributed by atoms with Crippen molar-refractivity contribution in [3.05, 3.63) is 16.8 Å². The fourth-order valence-corrected chi connectivity index (χ4v) is 1.98. The van der Waals surface area contributed by atoms with Gasteiger partial charge in [0.15, 0.2) is 0 Å². The Balaban J connectivity index is 2.33. The predicted molar refractivity (Wildman–Crippen MR) is 67.4 cm³/mol. The zero-order valence-electron chi connectivity index (χ0n) is 9.60. The number of carboxylic acid groups (broad SMARTS) is 1. The first-order chi connectivity index (χ1) is 8.13. The molecule has 0 aromatic carbocycles. The fraction of sp³-hybridized carbons (Fsp3) is 0.455. The maximum absolute atomic E-state index is 11.4. The van der Waals surface area contributed by atoms with Gasteiger partial charge in [-0.15, -0.1) is 0 Å². The van der Waals surface area contributed by atoms with Gasteiger partial charge in [0.05, 0.1) is 11.6 Å². The fourth-order valence-electron chi connectivity index (χ4n) is 1.39. The molecule has 0 radical (unpaired) electrons. The van der Waals surface area contributed by atoms with E-state index in [9.17, 15) is 9.59 Å². The van der Waals surface area contributed by atoms with E-state index in [2.05, 4.69) is 10.6 Å². The molecule has 5 nitrogen and oxygen atoms in total. The van der Waals surface area contributed by atoms with Gasteiger partial charge in [0.1, 0.15) is 0 Å². The summed E-state index contributed by atoms with van der Waals surface area (Å²) in [6.45, 7) is 2.07. The third kappa shape index (κ3) is 4.86. The minimum atomic E-state index is -0.873. The second-order valence-corrected chi connectivity index (χ2v) is 4.45. The first kappa shape index (κ1) is 13.5. The number of thiophene rings is 1. The Kier molecular flexibility index (Phi) is 5.48. The molecule has 1 aromatic heterocycles. The van der Waals surface area contributed by atoms with Crippen LogP contribution in [-0.2, 0) is 4.79 Å². The summed E-state index contributed by atoms with van der Waals surface area (Å²) in [5.74, 6) is -1.39. The lowest BCUT2D eigenvalue weighted by Gasteiger charge is -2.12. The van der Waals surface area contributed by atoms with Crippen LogP contribution in [0.15, 0.2) is 16.8 Å². The van der Waals surface area contributed by atoms with E-state index in [0.717, 1.165) is 12.1 Å². The number of hydrogen-bond acceptors (Lipinski definition) is 3. The molecule has 17 heavy (non-hydrogen) atoms. The van der Waals surface area contributed by atoms with Crippen LogP contribution >= 0.6 is 11.3 Å². The number of carbonyl (C=O) groups is 2. The molecule has 0 saturated carbocycles. The van der Waals surface area contributed by atoms with Crippen LogP contribution in [0.1, 0.15) is 19.8 Å². The van der Waals surface area contributed by atoms with Gasteiger partial charge in [0, 0.05) is 11.9 Å². The molecule has 0 fully saturated rings. The van der Waals surface area contributed by atoms with Crippen molar-refractivity contribution in [1.29, 1.82) is 0 Å². The van der Waals surface area contributed by atoms with Gasteiger partial charge in [-0.25, -0.2) is 4.79 Å². The minimum Gasteiger partial charge on any atom is -0.481 e. The Morgan fingerprint density at radius 2 is 2.29 bits per heavy atom. The summed E-state index contributed by atoms with van der Waals surface area (Å²) in [7, 11) is 0. The van der Waals surface area contributed by atoms with Crippen molar-refractivity contribution >= 4 is 29.0 Å². The highest BCUT2D eigenvalue weighted by molar-refractivity contribution is 7.08. The molecule has 1 heterocycles. The SMILES string of the molecule is CCCC(CNC(=O)Nc1ccsc1)C(=O)O. The molecule has 0 bridgehead atoms. The molecular weight excluding hydrogens is 240 g/mol. The van der Waals surface area contributed by atoms with E-state index in [1.54, 1.807) is 11.4 Å². The maximum atomic E-state index is 11.4. The van der Waals surface area contributed by atoms with Gasteiger partial charge in [-0.3, -0.25) is 4.79 Å². The standard InChI is InChI=1S/C11H16N2O3S/c1-2-3-8(10(14)15)6-12-11(16)13-9-4-5-17-7-9/h4-5,7-8H,2-3,6H2,1H3,(H,14,15)(H2,12,13,16). The van der Waals surface area contributed by atoms with Crippen LogP contribution in [0.5, 0.6) is 0 Å². The number of urea groups is 1. The summed E-state index contributed by atoms with van der Waals surface area (Å²) < 4.78 is 0. The molecule has 0 saturated heterocycles. The summed E-state index contributed by atoms with van der Waals surface area (Å²) in [6, 6.07) is 1.41. The van der Waals surface area contributed by atoms with E-state index in [-0.39, 0.29) is 12.6 Å². The quantitative estimate of drug-likeness (QED) is 0.731. The van der Waals surface area contributed by atoms with Crippen LogP contribution in [-0.4, -0.2) is 23.7 Å². The number of hydrogen-bond donors (Lipinski definition) is 3. The molecule has 1 rings (SSSR count). The van der Waals surface area contributed by atoms with Crippen LogP contribution in [0.25, 0.3) is 0 Å². The molecule has 0 spiro atoms. The Labute approximate surface area is 104 Å². The van der Waals surface area contributed by atoms with Crippen LogP contribution in [0, 0.1) is 5.92 Å². The third-order valence-corrected chi connectivity index (χ3v) is 2.96. The first-order valence-corrected chi connectivity index (χ1v) is 6.37. The molecule has 94 valence electrons. The smallest absolute Gasteiger partial charge is 0.319 e. The summed E-state index contributed by atoms with van der Waals surface area (Å²) in [6.07, 6.45) is 1.35. The van der Waals surface area contributed by atoms with Crippen molar-refractivity contribution < 1.29 is 14.7 Å². The molecule has 1 aromatic rings. The number of carbonyl (C=O) groups excluding carboxylic acids is 1. The van der Waals surface area contributed by atoms with Gasteiger partial charge in [-0.05, 0) is 17.9 Å². The third-order valence-electron chi connectivity index (χ3n) is 2.27. The highest BCUT2D eigenvalue weighted by atomic mass is 32.1. The van der Waals surface area contributed by atoms with Gasteiger partial charge in [0.25, 0.3) is 0 Å². The molecule has 2 amide bonds. The van der Waals surface area contributed by atoms with E-state index in [0.29, 0.717) is 6.42 Å². The van der Waals surface area contributed by atoms with Crippen LogP contribution in [0.4, 0.5) is 10.5 Å².